The Morgan fingerprint density at radius 2 is 1.72 bits per heavy atom. The summed E-state index contributed by atoms with van der Waals surface area (Å²) in [6.07, 6.45) is 2.22. The summed E-state index contributed by atoms with van der Waals surface area (Å²) >= 11 is 1.39. The lowest BCUT2D eigenvalue weighted by atomic mass is 9.98. The minimum atomic E-state index is -3.64. The Morgan fingerprint density at radius 1 is 1.08 bits per heavy atom. The van der Waals surface area contributed by atoms with Crippen LogP contribution in [0.3, 0.4) is 0 Å². The van der Waals surface area contributed by atoms with Crippen molar-refractivity contribution in [3.63, 3.8) is 0 Å². The molecule has 2 aromatic carbocycles. The first kappa shape index (κ1) is 30.9. The van der Waals surface area contributed by atoms with Crippen LogP contribution in [0.25, 0.3) is 0 Å². The van der Waals surface area contributed by atoms with Gasteiger partial charge in [-0.3, -0.25) is 23.5 Å². The molecule has 1 heterocycles. The lowest BCUT2D eigenvalue weighted by molar-refractivity contribution is -0.159. The van der Waals surface area contributed by atoms with E-state index in [1.807, 2.05) is 60.7 Å². The van der Waals surface area contributed by atoms with E-state index in [2.05, 4.69) is 5.09 Å². The maximum absolute atomic E-state index is 13.9. The van der Waals surface area contributed by atoms with Gasteiger partial charge in [-0.05, 0) is 51.2 Å². The highest BCUT2D eigenvalue weighted by Gasteiger charge is 2.41. The average molecular weight is 577 g/mol. The third-order valence-electron chi connectivity index (χ3n) is 6.10. The maximum atomic E-state index is 13.9. The molecular weight excluding hydrogens is 539 g/mol. The molecule has 2 aromatic rings. The summed E-state index contributed by atoms with van der Waals surface area (Å²) in [6.45, 7) is 4.10. The van der Waals surface area contributed by atoms with Gasteiger partial charge in [-0.25, -0.2) is 5.09 Å². The summed E-state index contributed by atoms with van der Waals surface area (Å²) < 4.78 is 24.8. The van der Waals surface area contributed by atoms with E-state index in [-0.39, 0.29) is 11.9 Å². The molecule has 212 valence electrons. The normalized spacial score (nSPS) is 19.4. The van der Waals surface area contributed by atoms with Crippen molar-refractivity contribution in [3.8, 4) is 0 Å². The number of benzene rings is 2. The molecule has 3 rings (SSSR count). The fourth-order valence-corrected chi connectivity index (χ4v) is 7.34. The Labute approximate surface area is 234 Å². The fourth-order valence-electron chi connectivity index (χ4n) is 4.04. The van der Waals surface area contributed by atoms with Gasteiger partial charge in [0.15, 0.2) is 6.79 Å². The first-order chi connectivity index (χ1) is 18.5. The summed E-state index contributed by atoms with van der Waals surface area (Å²) in [5, 5.41) is 11.9. The van der Waals surface area contributed by atoms with Crippen LogP contribution < -0.4 is 5.09 Å². The highest BCUT2D eigenvalue weighted by molar-refractivity contribution is 7.99. The average Bonchev–Trinajstić information content (AvgIpc) is 2.89. The number of hydrogen-bond donors (Lipinski definition) is 2. The first-order valence-corrected chi connectivity index (χ1v) is 15.8. The third-order valence-corrected chi connectivity index (χ3v) is 9.60. The number of esters is 1. The molecule has 3 atom stereocenters. The standard InChI is InChI=1S/C28H37N2O7PS/c1-28(2,3)27(34)36-20-37-38(35,17-11-10-14-21-12-6-4-7-13-21)29-23-19-39-26(22-15-8-5-9-16-22)30(25(23)33)18-24(31)32/h4-9,12-13,15-16,23,26H,10-11,14,17-20H2,1-3H3,(H,29,35)(H,31,32). The second kappa shape index (κ2) is 14.1. The molecule has 0 aromatic heterocycles. The van der Waals surface area contributed by atoms with Crippen LogP contribution in [0.15, 0.2) is 60.7 Å². The van der Waals surface area contributed by atoms with Gasteiger partial charge in [-0.15, -0.1) is 11.8 Å². The molecule has 11 heteroatoms. The van der Waals surface area contributed by atoms with Crippen molar-refractivity contribution in [3.05, 3.63) is 71.8 Å². The number of ether oxygens (including phenoxy) is 1. The van der Waals surface area contributed by atoms with Crippen molar-refractivity contribution >= 4 is 37.1 Å². The number of amides is 1. The van der Waals surface area contributed by atoms with Gasteiger partial charge in [0.25, 0.3) is 7.52 Å². The highest BCUT2D eigenvalue weighted by atomic mass is 32.2. The molecule has 1 amide bonds. The van der Waals surface area contributed by atoms with E-state index >= 15 is 0 Å². The summed E-state index contributed by atoms with van der Waals surface area (Å²) in [5.74, 6) is -1.83. The van der Waals surface area contributed by atoms with Crippen LogP contribution in [0.5, 0.6) is 0 Å². The quantitative estimate of drug-likeness (QED) is 0.145. The molecule has 0 radical (unpaired) electrons. The van der Waals surface area contributed by atoms with Crippen LogP contribution in [0.4, 0.5) is 0 Å². The summed E-state index contributed by atoms with van der Waals surface area (Å²) in [7, 11) is -3.64. The van der Waals surface area contributed by atoms with Gasteiger partial charge >= 0.3 is 11.9 Å². The number of carbonyl (C=O) groups excluding carboxylic acids is 2. The molecule has 1 aliphatic rings. The summed E-state index contributed by atoms with van der Waals surface area (Å²) in [6, 6.07) is 18.2. The first-order valence-electron chi connectivity index (χ1n) is 12.9. The lowest BCUT2D eigenvalue weighted by Crippen LogP contribution is -2.53. The second-order valence-corrected chi connectivity index (χ2v) is 13.8. The van der Waals surface area contributed by atoms with Gasteiger partial charge in [0.1, 0.15) is 18.0 Å². The number of rotatable bonds is 13. The summed E-state index contributed by atoms with van der Waals surface area (Å²) in [5.41, 5.74) is 1.22. The molecule has 3 unspecified atom stereocenters. The predicted octanol–water partition coefficient (Wildman–Crippen LogP) is 5.08. The molecule has 2 N–H and O–H groups in total. The molecule has 0 aliphatic carbocycles. The molecular formula is C28H37N2O7PS. The number of carboxylic acid groups (broad SMARTS) is 1. The smallest absolute Gasteiger partial charge is 0.323 e. The molecule has 1 saturated heterocycles. The van der Waals surface area contributed by atoms with Gasteiger partial charge in [0.05, 0.1) is 5.41 Å². The van der Waals surface area contributed by atoms with Crippen molar-refractivity contribution in [2.24, 2.45) is 5.41 Å². The van der Waals surface area contributed by atoms with E-state index in [9.17, 15) is 24.1 Å². The van der Waals surface area contributed by atoms with Crippen molar-refractivity contribution in [2.45, 2.75) is 51.4 Å². The minimum Gasteiger partial charge on any atom is -0.480 e. The topological polar surface area (TPSA) is 122 Å². The molecule has 0 saturated carbocycles. The van der Waals surface area contributed by atoms with Crippen LogP contribution in [0.1, 0.15) is 50.1 Å². The Morgan fingerprint density at radius 3 is 2.33 bits per heavy atom. The molecule has 0 bridgehead atoms. The Kier molecular flexibility index (Phi) is 11.2. The van der Waals surface area contributed by atoms with E-state index < -0.39 is 55.5 Å². The van der Waals surface area contributed by atoms with E-state index in [0.29, 0.717) is 6.42 Å². The highest BCUT2D eigenvalue weighted by Crippen LogP contribution is 2.46. The number of unbranched alkanes of at least 4 members (excludes halogenated alkanes) is 1. The number of nitrogens with zero attached hydrogens (tertiary/aromatic N) is 1. The number of thioether (sulfide) groups is 1. The van der Waals surface area contributed by atoms with E-state index in [1.54, 1.807) is 20.8 Å². The number of aliphatic carboxylic acids is 1. The molecule has 1 aliphatic heterocycles. The lowest BCUT2D eigenvalue weighted by Gasteiger charge is -2.39. The van der Waals surface area contributed by atoms with Gasteiger partial charge in [0.2, 0.25) is 5.91 Å². The van der Waals surface area contributed by atoms with Crippen LogP contribution in [0.2, 0.25) is 0 Å². The number of aryl methyl sites for hydroxylation is 1. The van der Waals surface area contributed by atoms with Crippen LogP contribution >= 0.6 is 19.3 Å². The van der Waals surface area contributed by atoms with Crippen molar-refractivity contribution in [1.29, 1.82) is 0 Å². The Balaban J connectivity index is 1.71. The Bertz CT molecular complexity index is 1160. The maximum Gasteiger partial charge on any atom is 0.323 e. The van der Waals surface area contributed by atoms with Crippen LogP contribution in [-0.2, 0) is 34.6 Å². The van der Waals surface area contributed by atoms with Gasteiger partial charge < -0.3 is 14.7 Å². The zero-order valence-electron chi connectivity index (χ0n) is 22.6. The van der Waals surface area contributed by atoms with Crippen LogP contribution in [-0.4, -0.2) is 59.1 Å². The zero-order chi connectivity index (χ0) is 28.5. The number of nitrogens with one attached hydrogen (secondary N) is 1. The second-order valence-electron chi connectivity index (χ2n) is 10.4. The third kappa shape index (κ3) is 9.49. The van der Waals surface area contributed by atoms with Gasteiger partial charge in [-0.1, -0.05) is 60.7 Å². The minimum absolute atomic E-state index is 0.127. The zero-order valence-corrected chi connectivity index (χ0v) is 24.3. The summed E-state index contributed by atoms with van der Waals surface area (Å²) in [4.78, 5) is 38.6. The molecule has 0 spiro atoms. The van der Waals surface area contributed by atoms with Crippen molar-refractivity contribution in [1.82, 2.24) is 9.99 Å². The monoisotopic (exact) mass is 576 g/mol. The molecule has 39 heavy (non-hydrogen) atoms. The number of carboxylic acids is 1. The number of hydrogen-bond acceptors (Lipinski definition) is 7. The van der Waals surface area contributed by atoms with Crippen molar-refractivity contribution in [2.75, 3.05) is 25.3 Å². The van der Waals surface area contributed by atoms with Crippen molar-refractivity contribution < 1.29 is 33.3 Å². The predicted molar refractivity (Wildman–Crippen MR) is 151 cm³/mol. The van der Waals surface area contributed by atoms with E-state index in [1.165, 1.54) is 16.7 Å². The molecule has 9 nitrogen and oxygen atoms in total. The SMILES string of the molecule is CC(C)(C)C(=O)OCOP(=O)(CCCCc1ccccc1)NC1CSC(c2ccccc2)N(CC(=O)O)C1=O. The van der Waals surface area contributed by atoms with Gasteiger partial charge in [0, 0.05) is 11.9 Å². The van der Waals surface area contributed by atoms with Gasteiger partial charge in [-0.2, -0.15) is 0 Å². The van der Waals surface area contributed by atoms with Crippen LogP contribution in [0, 0.1) is 5.41 Å². The fraction of sp³-hybridized carbons (Fsp3) is 0.464. The van der Waals surface area contributed by atoms with E-state index in [4.69, 9.17) is 9.26 Å². The largest absolute Gasteiger partial charge is 0.480 e. The number of carbonyl (C=O) groups is 3. The molecule has 1 fully saturated rings. The Hall–Kier alpha value is -2.65. The van der Waals surface area contributed by atoms with E-state index in [0.717, 1.165) is 24.0 Å².